The van der Waals surface area contributed by atoms with Crippen molar-refractivity contribution in [1.29, 1.82) is 0 Å². The van der Waals surface area contributed by atoms with E-state index < -0.39 is 0 Å². The van der Waals surface area contributed by atoms with Crippen LogP contribution in [-0.2, 0) is 0 Å². The summed E-state index contributed by atoms with van der Waals surface area (Å²) in [4.78, 5) is 0. The summed E-state index contributed by atoms with van der Waals surface area (Å²) >= 11 is 0. The van der Waals surface area contributed by atoms with Crippen molar-refractivity contribution < 1.29 is 4.42 Å². The number of hydrogen-bond donors (Lipinski definition) is 0. The fourth-order valence-electron chi connectivity index (χ4n) is 7.37. The average Bonchev–Trinajstić information content (AvgIpc) is 3.76. The van der Waals surface area contributed by atoms with Crippen LogP contribution in [0.3, 0.4) is 0 Å². The molecule has 0 aliphatic rings. The second-order valence-corrected chi connectivity index (χ2v) is 11.8. The third kappa shape index (κ3) is 3.46. The first-order valence-electron chi connectivity index (χ1n) is 15.4. The van der Waals surface area contributed by atoms with Gasteiger partial charge in [0.05, 0.1) is 33.1 Å². The van der Waals surface area contributed by atoms with Crippen LogP contribution < -0.4 is 0 Å². The quantitative estimate of drug-likeness (QED) is 0.206. The van der Waals surface area contributed by atoms with Gasteiger partial charge in [-0.05, 0) is 65.7 Å². The molecule has 10 aromatic rings. The largest absolute Gasteiger partial charge is 0.456 e. The van der Waals surface area contributed by atoms with Gasteiger partial charge in [0.25, 0.3) is 0 Å². The summed E-state index contributed by atoms with van der Waals surface area (Å²) in [6.07, 6.45) is 0. The molecular weight excluding hydrogens is 548 g/mol. The first-order valence-corrected chi connectivity index (χ1v) is 15.4. The van der Waals surface area contributed by atoms with E-state index in [2.05, 4.69) is 161 Å². The Kier molecular flexibility index (Phi) is 5.00. The van der Waals surface area contributed by atoms with Crippen LogP contribution in [0, 0.1) is 0 Å². The molecule has 45 heavy (non-hydrogen) atoms. The monoisotopic (exact) mass is 574 g/mol. The minimum atomic E-state index is 0.889. The zero-order chi connectivity index (χ0) is 29.5. The van der Waals surface area contributed by atoms with Crippen LogP contribution in [0.5, 0.6) is 0 Å². The van der Waals surface area contributed by atoms with Crippen molar-refractivity contribution in [2.75, 3.05) is 0 Å². The molecule has 3 heterocycles. The molecule has 210 valence electrons. The Morgan fingerprint density at radius 3 is 1.62 bits per heavy atom. The van der Waals surface area contributed by atoms with Crippen LogP contribution in [0.25, 0.3) is 88.1 Å². The highest BCUT2D eigenvalue weighted by Gasteiger charge is 2.20. The van der Waals surface area contributed by atoms with Crippen LogP contribution in [0.4, 0.5) is 0 Å². The summed E-state index contributed by atoms with van der Waals surface area (Å²) in [5.74, 6) is 0. The number of hydrogen-bond acceptors (Lipinski definition) is 1. The van der Waals surface area contributed by atoms with E-state index in [0.29, 0.717) is 0 Å². The topological polar surface area (TPSA) is 23.0 Å². The first kappa shape index (κ1) is 24.4. The van der Waals surface area contributed by atoms with Crippen molar-refractivity contribution in [3.05, 3.63) is 158 Å². The molecule has 0 atom stereocenters. The molecule has 7 aromatic carbocycles. The molecule has 0 N–H and O–H groups in total. The molecule has 0 bridgehead atoms. The Morgan fingerprint density at radius 1 is 0.356 bits per heavy atom. The van der Waals surface area contributed by atoms with Crippen molar-refractivity contribution in [2.45, 2.75) is 0 Å². The predicted molar refractivity (Wildman–Crippen MR) is 188 cm³/mol. The summed E-state index contributed by atoms with van der Waals surface area (Å²) in [6, 6.07) is 56.5. The maximum Gasteiger partial charge on any atom is 0.138 e. The third-order valence-corrected chi connectivity index (χ3v) is 9.30. The lowest BCUT2D eigenvalue weighted by Crippen LogP contribution is -1.97. The number of furan rings is 1. The fraction of sp³-hybridized carbons (Fsp3) is 0. The second kappa shape index (κ2) is 9.22. The molecule has 0 aliphatic carbocycles. The minimum Gasteiger partial charge on any atom is -0.456 e. The van der Waals surface area contributed by atoms with E-state index in [9.17, 15) is 0 Å². The lowest BCUT2D eigenvalue weighted by Gasteiger charge is -2.13. The lowest BCUT2D eigenvalue weighted by molar-refractivity contribution is 0.669. The predicted octanol–water partition coefficient (Wildman–Crippen LogP) is 11.4. The molecule has 3 nitrogen and oxygen atoms in total. The Hall–Kier alpha value is -6.06. The standard InChI is InChI=1S/C42H26N2O/c1-2-12-27(13-3-1)28-24-39(42-33-17-7-11-21-40(33)45-41(42)25-28)44-37-20-10-6-16-32(37)34-26-29(22-23-38(34)44)43-35-18-8-4-14-30(35)31-15-5-9-19-36(31)43/h1-26H. The first-order chi connectivity index (χ1) is 22.3. The van der Waals surface area contributed by atoms with E-state index in [1.807, 2.05) is 6.07 Å². The summed E-state index contributed by atoms with van der Waals surface area (Å²) < 4.78 is 11.3. The van der Waals surface area contributed by atoms with Crippen molar-refractivity contribution in [2.24, 2.45) is 0 Å². The van der Waals surface area contributed by atoms with Crippen LogP contribution in [0.15, 0.2) is 162 Å². The second-order valence-electron chi connectivity index (χ2n) is 11.8. The van der Waals surface area contributed by atoms with Gasteiger partial charge in [-0.1, -0.05) is 103 Å². The van der Waals surface area contributed by atoms with Gasteiger partial charge in [0, 0.05) is 32.6 Å². The molecule has 0 aliphatic heterocycles. The van der Waals surface area contributed by atoms with Crippen LogP contribution in [0.2, 0.25) is 0 Å². The van der Waals surface area contributed by atoms with Crippen molar-refractivity contribution in [3.8, 4) is 22.5 Å². The zero-order valence-electron chi connectivity index (χ0n) is 24.3. The molecule has 0 radical (unpaired) electrons. The highest BCUT2D eigenvalue weighted by atomic mass is 16.3. The third-order valence-electron chi connectivity index (χ3n) is 9.30. The number of rotatable bonds is 3. The molecule has 0 unspecified atom stereocenters. The number of aromatic nitrogens is 2. The van der Waals surface area contributed by atoms with E-state index in [1.165, 1.54) is 38.1 Å². The normalized spacial score (nSPS) is 12.0. The summed E-state index contributed by atoms with van der Waals surface area (Å²) in [5, 5.41) is 7.22. The molecule has 0 amide bonds. The maximum atomic E-state index is 6.51. The van der Waals surface area contributed by atoms with Crippen LogP contribution in [0.1, 0.15) is 0 Å². The summed E-state index contributed by atoms with van der Waals surface area (Å²) in [6.45, 7) is 0. The summed E-state index contributed by atoms with van der Waals surface area (Å²) in [7, 11) is 0. The average molecular weight is 575 g/mol. The van der Waals surface area contributed by atoms with E-state index >= 15 is 0 Å². The van der Waals surface area contributed by atoms with Gasteiger partial charge in [-0.25, -0.2) is 0 Å². The molecule has 10 rings (SSSR count). The van der Waals surface area contributed by atoms with Crippen molar-refractivity contribution in [1.82, 2.24) is 9.13 Å². The highest BCUT2D eigenvalue weighted by Crippen LogP contribution is 2.42. The molecule has 0 saturated carbocycles. The van der Waals surface area contributed by atoms with Crippen molar-refractivity contribution >= 4 is 65.6 Å². The molecule has 3 heteroatoms. The van der Waals surface area contributed by atoms with Gasteiger partial charge in [0.2, 0.25) is 0 Å². The number of fused-ring (bicyclic) bond motifs is 9. The Labute approximate surface area is 258 Å². The van der Waals surface area contributed by atoms with Gasteiger partial charge in [0.1, 0.15) is 11.2 Å². The summed E-state index contributed by atoms with van der Waals surface area (Å²) in [5.41, 5.74) is 11.1. The van der Waals surface area contributed by atoms with Gasteiger partial charge in [-0.15, -0.1) is 0 Å². The van der Waals surface area contributed by atoms with Gasteiger partial charge in [-0.2, -0.15) is 0 Å². The van der Waals surface area contributed by atoms with Gasteiger partial charge in [0.15, 0.2) is 0 Å². The molecular formula is C42H26N2O. The van der Waals surface area contributed by atoms with Gasteiger partial charge in [-0.3, -0.25) is 0 Å². The smallest absolute Gasteiger partial charge is 0.138 e. The Morgan fingerprint density at radius 2 is 0.911 bits per heavy atom. The van der Waals surface area contributed by atoms with E-state index in [1.54, 1.807) is 0 Å². The zero-order valence-corrected chi connectivity index (χ0v) is 24.3. The van der Waals surface area contributed by atoms with Crippen LogP contribution in [-0.4, -0.2) is 9.13 Å². The molecule has 0 saturated heterocycles. The molecule has 0 fully saturated rings. The van der Waals surface area contributed by atoms with E-state index in [0.717, 1.165) is 50.0 Å². The van der Waals surface area contributed by atoms with Crippen molar-refractivity contribution in [3.63, 3.8) is 0 Å². The van der Waals surface area contributed by atoms with E-state index in [4.69, 9.17) is 4.42 Å². The Bertz CT molecular complexity index is 2710. The van der Waals surface area contributed by atoms with E-state index in [-0.39, 0.29) is 0 Å². The number of nitrogens with zero attached hydrogens (tertiary/aromatic N) is 2. The maximum absolute atomic E-state index is 6.51. The fourth-order valence-corrected chi connectivity index (χ4v) is 7.37. The minimum absolute atomic E-state index is 0.889. The molecule has 3 aromatic heterocycles. The number of benzene rings is 7. The highest BCUT2D eigenvalue weighted by molar-refractivity contribution is 6.16. The number of para-hydroxylation sites is 4. The molecule has 0 spiro atoms. The van der Waals surface area contributed by atoms with Crippen LogP contribution >= 0.6 is 0 Å². The lowest BCUT2D eigenvalue weighted by atomic mass is 10.0. The Balaban J connectivity index is 1.32. The SMILES string of the molecule is c1ccc(-c2cc(-n3c4ccccc4c4cc(-n5c6ccccc6c6ccccc65)ccc43)c3c(c2)oc2ccccc23)cc1. The van der Waals surface area contributed by atoms with Gasteiger partial charge < -0.3 is 13.6 Å². The van der Waals surface area contributed by atoms with Gasteiger partial charge >= 0.3 is 0 Å².